The quantitative estimate of drug-likeness (QED) is 0.870. The third kappa shape index (κ3) is 3.65. The zero-order chi connectivity index (χ0) is 16.3. The number of carbonyl (C=O) groups is 2. The van der Waals surface area contributed by atoms with Gasteiger partial charge in [-0.15, -0.1) is 0 Å². The van der Waals surface area contributed by atoms with Crippen molar-refractivity contribution < 1.29 is 14.7 Å². The molecule has 5 heteroatoms. The van der Waals surface area contributed by atoms with E-state index in [-0.39, 0.29) is 23.8 Å². The highest BCUT2D eigenvalue weighted by Gasteiger charge is 2.23. The predicted molar refractivity (Wildman–Crippen MR) is 86.0 cm³/mol. The van der Waals surface area contributed by atoms with Gasteiger partial charge in [-0.05, 0) is 42.0 Å². The molecule has 2 rings (SSSR count). The second kappa shape index (κ2) is 6.48. The summed E-state index contributed by atoms with van der Waals surface area (Å²) in [6.07, 6.45) is 1.80. The van der Waals surface area contributed by atoms with Crippen LogP contribution in [0.3, 0.4) is 0 Å². The lowest BCUT2D eigenvalue weighted by molar-refractivity contribution is -0.118. The summed E-state index contributed by atoms with van der Waals surface area (Å²) < 4.78 is 0. The van der Waals surface area contributed by atoms with Crippen LogP contribution >= 0.6 is 0 Å². The molecule has 1 aliphatic rings. The number of amides is 2. The molecule has 120 valence electrons. The maximum Gasteiger partial charge on any atom is 0.251 e. The van der Waals surface area contributed by atoms with E-state index in [9.17, 15) is 9.59 Å². The number of hydrogen-bond acceptors (Lipinski definition) is 3. The molecule has 0 fully saturated rings. The third-order valence-corrected chi connectivity index (χ3v) is 4.20. The molecule has 22 heavy (non-hydrogen) atoms. The molecule has 0 bridgehead atoms. The average molecular weight is 304 g/mol. The Morgan fingerprint density at radius 1 is 1.36 bits per heavy atom. The van der Waals surface area contributed by atoms with Crippen LogP contribution in [0.2, 0.25) is 0 Å². The van der Waals surface area contributed by atoms with Crippen molar-refractivity contribution in [1.82, 2.24) is 5.32 Å². The standard InChI is InChI=1S/C17H24N2O3/c1-17(2,8-9-20)11-18-16(22)13-4-6-14-12(10-13)5-7-15(21)19(14)3/h4,6,10,20H,5,7-9,11H2,1-3H3,(H,18,22). The van der Waals surface area contributed by atoms with E-state index in [1.807, 2.05) is 26.0 Å². The van der Waals surface area contributed by atoms with Crippen molar-refractivity contribution in [3.63, 3.8) is 0 Å². The van der Waals surface area contributed by atoms with Crippen LogP contribution in [0.4, 0.5) is 5.69 Å². The van der Waals surface area contributed by atoms with Gasteiger partial charge in [-0.2, -0.15) is 0 Å². The van der Waals surface area contributed by atoms with E-state index in [2.05, 4.69) is 5.32 Å². The Morgan fingerprint density at radius 3 is 2.77 bits per heavy atom. The first kappa shape index (κ1) is 16.5. The number of carbonyl (C=O) groups excluding carboxylic acids is 2. The molecular formula is C17H24N2O3. The highest BCUT2D eigenvalue weighted by molar-refractivity contribution is 5.98. The van der Waals surface area contributed by atoms with E-state index in [0.29, 0.717) is 31.4 Å². The van der Waals surface area contributed by atoms with E-state index < -0.39 is 0 Å². The van der Waals surface area contributed by atoms with Gasteiger partial charge in [0.1, 0.15) is 0 Å². The Hall–Kier alpha value is -1.88. The Morgan fingerprint density at radius 2 is 2.09 bits per heavy atom. The summed E-state index contributed by atoms with van der Waals surface area (Å²) in [5.41, 5.74) is 2.39. The lowest BCUT2D eigenvalue weighted by Crippen LogP contribution is -2.35. The molecule has 0 atom stereocenters. The molecule has 2 N–H and O–H groups in total. The predicted octanol–water partition coefficient (Wildman–Crippen LogP) is 1.73. The first-order valence-corrected chi connectivity index (χ1v) is 7.62. The fraction of sp³-hybridized carbons (Fsp3) is 0.529. The summed E-state index contributed by atoms with van der Waals surface area (Å²) in [5.74, 6) is -0.0103. The minimum Gasteiger partial charge on any atom is -0.396 e. The van der Waals surface area contributed by atoms with Gasteiger partial charge >= 0.3 is 0 Å². The molecule has 0 spiro atoms. The Kier molecular flexibility index (Phi) is 4.86. The fourth-order valence-corrected chi connectivity index (χ4v) is 2.61. The first-order chi connectivity index (χ1) is 10.3. The van der Waals surface area contributed by atoms with Crippen molar-refractivity contribution in [1.29, 1.82) is 0 Å². The second-order valence-electron chi connectivity index (χ2n) is 6.62. The number of anilines is 1. The number of nitrogens with one attached hydrogen (secondary N) is 1. The van der Waals surface area contributed by atoms with E-state index in [0.717, 1.165) is 11.3 Å². The van der Waals surface area contributed by atoms with Crippen LogP contribution in [-0.4, -0.2) is 37.1 Å². The highest BCUT2D eigenvalue weighted by atomic mass is 16.3. The molecule has 5 nitrogen and oxygen atoms in total. The number of aliphatic hydroxyl groups is 1. The van der Waals surface area contributed by atoms with E-state index in [4.69, 9.17) is 5.11 Å². The zero-order valence-electron chi connectivity index (χ0n) is 13.5. The molecule has 1 aliphatic heterocycles. The molecule has 2 amide bonds. The summed E-state index contributed by atoms with van der Waals surface area (Å²) in [7, 11) is 1.76. The number of benzene rings is 1. The van der Waals surface area contributed by atoms with Crippen LogP contribution in [0.15, 0.2) is 18.2 Å². The number of hydrogen-bond donors (Lipinski definition) is 2. The minimum absolute atomic E-state index is 0.107. The van der Waals surface area contributed by atoms with Crippen LogP contribution in [0.25, 0.3) is 0 Å². The smallest absolute Gasteiger partial charge is 0.251 e. The summed E-state index contributed by atoms with van der Waals surface area (Å²) in [5, 5.41) is 11.9. The molecule has 0 radical (unpaired) electrons. The molecule has 0 saturated heterocycles. The van der Waals surface area contributed by atoms with Crippen LogP contribution in [0, 0.1) is 5.41 Å². The van der Waals surface area contributed by atoms with E-state index in [1.165, 1.54) is 0 Å². The molecule has 0 aromatic heterocycles. The van der Waals surface area contributed by atoms with Gasteiger partial charge < -0.3 is 15.3 Å². The van der Waals surface area contributed by atoms with Crippen molar-refractivity contribution in [2.75, 3.05) is 25.1 Å². The van der Waals surface area contributed by atoms with Gasteiger partial charge in [0.15, 0.2) is 0 Å². The highest BCUT2D eigenvalue weighted by Crippen LogP contribution is 2.27. The Balaban J connectivity index is 2.07. The zero-order valence-corrected chi connectivity index (χ0v) is 13.5. The number of fused-ring (bicyclic) bond motifs is 1. The molecule has 1 aromatic rings. The van der Waals surface area contributed by atoms with E-state index in [1.54, 1.807) is 18.0 Å². The molecule has 0 unspecified atom stereocenters. The molecular weight excluding hydrogens is 280 g/mol. The van der Waals surface area contributed by atoms with Gasteiger partial charge in [0, 0.05) is 37.9 Å². The molecule has 1 aromatic carbocycles. The fourth-order valence-electron chi connectivity index (χ4n) is 2.61. The lowest BCUT2D eigenvalue weighted by atomic mass is 9.89. The SMILES string of the molecule is CN1C(=O)CCc2cc(C(=O)NCC(C)(C)CCO)ccc21. The summed E-state index contributed by atoms with van der Waals surface area (Å²) >= 11 is 0. The van der Waals surface area contributed by atoms with Gasteiger partial charge in [0.2, 0.25) is 5.91 Å². The molecule has 1 heterocycles. The number of nitrogens with zero attached hydrogens (tertiary/aromatic N) is 1. The Bertz CT molecular complexity index is 581. The van der Waals surface area contributed by atoms with Gasteiger partial charge in [-0.3, -0.25) is 9.59 Å². The third-order valence-electron chi connectivity index (χ3n) is 4.20. The van der Waals surface area contributed by atoms with Gasteiger partial charge in [0.05, 0.1) is 0 Å². The van der Waals surface area contributed by atoms with Gasteiger partial charge in [-0.25, -0.2) is 0 Å². The largest absolute Gasteiger partial charge is 0.396 e. The normalized spacial score (nSPS) is 14.7. The monoisotopic (exact) mass is 304 g/mol. The minimum atomic E-state index is -0.134. The summed E-state index contributed by atoms with van der Waals surface area (Å²) in [6, 6.07) is 5.45. The molecule has 0 aliphatic carbocycles. The lowest BCUT2D eigenvalue weighted by Gasteiger charge is -2.26. The maximum atomic E-state index is 12.3. The number of aryl methyl sites for hydroxylation is 1. The van der Waals surface area contributed by atoms with Gasteiger partial charge in [0.25, 0.3) is 5.91 Å². The topological polar surface area (TPSA) is 69.6 Å². The Labute approximate surface area is 131 Å². The van der Waals surface area contributed by atoms with Gasteiger partial charge in [-0.1, -0.05) is 13.8 Å². The number of aliphatic hydroxyl groups excluding tert-OH is 1. The van der Waals surface area contributed by atoms with Crippen LogP contribution < -0.4 is 10.2 Å². The second-order valence-corrected chi connectivity index (χ2v) is 6.62. The van der Waals surface area contributed by atoms with Crippen LogP contribution in [-0.2, 0) is 11.2 Å². The summed E-state index contributed by atoms with van der Waals surface area (Å²) in [4.78, 5) is 25.6. The number of rotatable bonds is 5. The maximum absolute atomic E-state index is 12.3. The van der Waals surface area contributed by atoms with Crippen molar-refractivity contribution >= 4 is 17.5 Å². The van der Waals surface area contributed by atoms with Crippen molar-refractivity contribution in [2.24, 2.45) is 5.41 Å². The van der Waals surface area contributed by atoms with Crippen molar-refractivity contribution in [2.45, 2.75) is 33.1 Å². The van der Waals surface area contributed by atoms with Crippen molar-refractivity contribution in [3.8, 4) is 0 Å². The van der Waals surface area contributed by atoms with Crippen LogP contribution in [0.1, 0.15) is 42.6 Å². The first-order valence-electron chi connectivity index (χ1n) is 7.62. The van der Waals surface area contributed by atoms with Crippen LogP contribution in [0.5, 0.6) is 0 Å². The van der Waals surface area contributed by atoms with Crippen molar-refractivity contribution in [3.05, 3.63) is 29.3 Å². The summed E-state index contributed by atoms with van der Waals surface area (Å²) in [6.45, 7) is 4.65. The van der Waals surface area contributed by atoms with E-state index >= 15 is 0 Å². The molecule has 0 saturated carbocycles. The average Bonchev–Trinajstić information content (AvgIpc) is 2.48.